The van der Waals surface area contributed by atoms with Crippen molar-refractivity contribution in [2.45, 2.75) is 84.0 Å². The van der Waals surface area contributed by atoms with E-state index in [0.717, 1.165) is 50.1 Å². The summed E-state index contributed by atoms with van der Waals surface area (Å²) < 4.78 is 13.9. The fourth-order valence-corrected chi connectivity index (χ4v) is 13.6. The Hall–Kier alpha value is -7.56. The lowest BCUT2D eigenvalue weighted by molar-refractivity contribution is 0.488. The third-order valence-corrected chi connectivity index (χ3v) is 16.9. The van der Waals surface area contributed by atoms with E-state index in [1.54, 1.807) is 0 Å². The van der Waals surface area contributed by atoms with E-state index in [4.69, 9.17) is 9.15 Å². The molecule has 0 fully saturated rings. The zero-order chi connectivity index (χ0) is 48.2. The van der Waals surface area contributed by atoms with Gasteiger partial charge >= 0.3 is 0 Å². The van der Waals surface area contributed by atoms with Gasteiger partial charge in [-0.1, -0.05) is 182 Å². The Morgan fingerprint density at radius 2 is 1.03 bits per heavy atom. The van der Waals surface area contributed by atoms with Crippen LogP contribution in [0, 0.1) is 0 Å². The van der Waals surface area contributed by atoms with Gasteiger partial charge in [-0.15, -0.1) is 0 Å². The highest BCUT2D eigenvalue weighted by molar-refractivity contribution is 6.97. The molecule has 4 heteroatoms. The fourth-order valence-electron chi connectivity index (χ4n) is 13.6. The molecule has 0 amide bonds. The molecule has 1 aromatic heterocycles. The first-order valence-corrected chi connectivity index (χ1v) is 25.8. The Balaban J connectivity index is 1.07. The second-order valence-corrected chi connectivity index (χ2v) is 22.1. The van der Waals surface area contributed by atoms with Gasteiger partial charge in [-0.3, -0.25) is 0 Å². The van der Waals surface area contributed by atoms with Gasteiger partial charge in [-0.2, -0.15) is 0 Å². The number of nitrogens with zero attached hydrogens (tertiary/aromatic N) is 1. The van der Waals surface area contributed by atoms with Crippen molar-refractivity contribution in [1.82, 2.24) is 0 Å². The van der Waals surface area contributed by atoms with Gasteiger partial charge in [-0.25, -0.2) is 0 Å². The third kappa shape index (κ3) is 5.68. The number of hydrogen-bond acceptors (Lipinski definition) is 3. The van der Waals surface area contributed by atoms with Gasteiger partial charge in [0.05, 0.1) is 16.8 Å². The topological polar surface area (TPSA) is 25.6 Å². The van der Waals surface area contributed by atoms with Crippen molar-refractivity contribution < 1.29 is 9.15 Å². The lowest BCUT2D eigenvalue weighted by atomic mass is 9.33. The maximum Gasteiger partial charge on any atom is 0.251 e. The number of fused-ring (bicyclic) bond motifs is 17. The van der Waals surface area contributed by atoms with Gasteiger partial charge in [0.25, 0.3) is 6.71 Å². The molecule has 0 bridgehead atoms. The molecule has 1 spiro atoms. The Bertz CT molecular complexity index is 3830. The minimum absolute atomic E-state index is 0.129. The molecular weight excluding hydrogens is 862 g/mol. The van der Waals surface area contributed by atoms with Crippen LogP contribution in [-0.2, 0) is 10.8 Å². The highest BCUT2D eigenvalue weighted by Crippen LogP contribution is 2.65. The van der Waals surface area contributed by atoms with Crippen LogP contribution in [0.25, 0.3) is 44.2 Å². The van der Waals surface area contributed by atoms with E-state index < -0.39 is 5.41 Å². The average molecular weight is 918 g/mol. The van der Waals surface area contributed by atoms with Crippen molar-refractivity contribution in [3.05, 3.63) is 226 Å². The first-order valence-electron chi connectivity index (χ1n) is 25.8. The molecule has 0 N–H and O–H groups in total. The van der Waals surface area contributed by atoms with Crippen LogP contribution in [0.5, 0.6) is 11.5 Å². The van der Waals surface area contributed by atoms with Crippen LogP contribution in [0.15, 0.2) is 180 Å². The van der Waals surface area contributed by atoms with Crippen molar-refractivity contribution in [3.63, 3.8) is 0 Å². The van der Waals surface area contributed by atoms with Crippen LogP contribution < -0.4 is 26.0 Å². The predicted molar refractivity (Wildman–Crippen MR) is 297 cm³/mol. The molecule has 0 saturated carbocycles. The van der Waals surface area contributed by atoms with Crippen LogP contribution in [-0.4, -0.2) is 6.71 Å². The molecular formula is C67H56BNO2. The number of rotatable bonds is 5. The molecule has 2 aliphatic carbocycles. The molecule has 0 unspecified atom stereocenters. The Morgan fingerprint density at radius 1 is 0.437 bits per heavy atom. The van der Waals surface area contributed by atoms with Crippen molar-refractivity contribution in [3.8, 4) is 33.8 Å². The summed E-state index contributed by atoms with van der Waals surface area (Å²) in [5.74, 6) is 2.76. The summed E-state index contributed by atoms with van der Waals surface area (Å²) in [6.07, 6.45) is 0. The molecule has 344 valence electrons. The van der Waals surface area contributed by atoms with E-state index >= 15 is 0 Å². The van der Waals surface area contributed by atoms with Crippen LogP contribution >= 0.6 is 0 Å². The van der Waals surface area contributed by atoms with Gasteiger partial charge in [0.2, 0.25) is 0 Å². The molecule has 2 aliphatic heterocycles. The maximum absolute atomic E-state index is 7.22. The summed E-state index contributed by atoms with van der Waals surface area (Å²) in [5.41, 5.74) is 25.6. The normalized spacial score (nSPS) is 15.1. The van der Waals surface area contributed by atoms with Gasteiger partial charge in [0, 0.05) is 21.9 Å². The van der Waals surface area contributed by atoms with Gasteiger partial charge in [0.1, 0.15) is 22.7 Å². The summed E-state index contributed by atoms with van der Waals surface area (Å²) in [6.45, 7) is 18.8. The molecule has 3 nitrogen and oxygen atoms in total. The molecule has 9 aromatic carbocycles. The summed E-state index contributed by atoms with van der Waals surface area (Å²) in [7, 11) is 0. The van der Waals surface area contributed by atoms with E-state index in [2.05, 4.69) is 236 Å². The molecule has 0 atom stereocenters. The first kappa shape index (κ1) is 42.3. The average Bonchev–Trinajstić information content (AvgIpc) is 3.98. The van der Waals surface area contributed by atoms with Crippen LogP contribution in [0.2, 0.25) is 0 Å². The van der Waals surface area contributed by atoms with Gasteiger partial charge in [0.15, 0.2) is 0 Å². The van der Waals surface area contributed by atoms with Crippen molar-refractivity contribution in [2.75, 3.05) is 4.90 Å². The van der Waals surface area contributed by atoms with E-state index in [9.17, 15) is 0 Å². The molecule has 71 heavy (non-hydrogen) atoms. The Morgan fingerprint density at radius 3 is 1.70 bits per heavy atom. The van der Waals surface area contributed by atoms with E-state index in [1.165, 1.54) is 89.2 Å². The van der Waals surface area contributed by atoms with Crippen LogP contribution in [0.3, 0.4) is 0 Å². The number of hydrogen-bond donors (Lipinski definition) is 0. The van der Waals surface area contributed by atoms with Crippen LogP contribution in [0.1, 0.15) is 123 Å². The lowest BCUT2D eigenvalue weighted by Gasteiger charge is -2.46. The van der Waals surface area contributed by atoms with E-state index in [-0.39, 0.29) is 24.0 Å². The number of ether oxygens (including phenoxy) is 1. The lowest BCUT2D eigenvalue weighted by Crippen LogP contribution is -2.57. The molecule has 0 saturated heterocycles. The van der Waals surface area contributed by atoms with E-state index in [1.807, 2.05) is 0 Å². The summed E-state index contributed by atoms with van der Waals surface area (Å²) in [6, 6.07) is 66.7. The first-order chi connectivity index (χ1) is 34.4. The minimum Gasteiger partial charge on any atom is -0.458 e. The monoisotopic (exact) mass is 917 g/mol. The Kier molecular flexibility index (Phi) is 8.93. The molecule has 4 aliphatic rings. The minimum atomic E-state index is -0.556. The van der Waals surface area contributed by atoms with E-state index in [0.29, 0.717) is 5.92 Å². The zero-order valence-electron chi connectivity index (χ0n) is 41.8. The molecule has 3 heterocycles. The largest absolute Gasteiger partial charge is 0.458 e. The highest BCUT2D eigenvalue weighted by Gasteiger charge is 2.53. The van der Waals surface area contributed by atoms with Gasteiger partial charge in [-0.05, 0) is 156 Å². The molecule has 14 rings (SSSR count). The predicted octanol–water partition coefficient (Wildman–Crippen LogP) is 16.0. The molecule has 0 radical (unpaired) electrons. The second kappa shape index (κ2) is 15.0. The SMILES string of the molecule is CC(C)c1cc(C(C)C)c(B2c3cc(N4c5ccccc5C5(c6ccccc6-c6ccccc65)c5cc6c(cc54)C(C)(C)c4ccccc4-6)ccc3Oc3cc4c(cc32)oc2ccccc24)c(C(C)C)c1. The summed E-state index contributed by atoms with van der Waals surface area (Å²) in [4.78, 5) is 2.59. The highest BCUT2D eigenvalue weighted by atomic mass is 16.5. The van der Waals surface area contributed by atoms with Crippen molar-refractivity contribution in [2.24, 2.45) is 0 Å². The van der Waals surface area contributed by atoms with Crippen molar-refractivity contribution >= 4 is 62.1 Å². The molecule has 10 aromatic rings. The smallest absolute Gasteiger partial charge is 0.251 e. The van der Waals surface area contributed by atoms with Crippen LogP contribution in [0.4, 0.5) is 17.1 Å². The van der Waals surface area contributed by atoms with Crippen molar-refractivity contribution in [1.29, 1.82) is 0 Å². The number of benzene rings is 9. The second-order valence-electron chi connectivity index (χ2n) is 22.1. The summed E-state index contributed by atoms with van der Waals surface area (Å²) >= 11 is 0. The fraction of sp³-hybridized carbons (Fsp3) is 0.194. The Labute approximate surface area is 417 Å². The zero-order valence-corrected chi connectivity index (χ0v) is 41.8. The number of furan rings is 1. The number of para-hydroxylation sites is 2. The standard InChI is InChI=1S/C67H56BNO2/c1-38(2)41-31-47(39(3)4)65(48(32-41)40(5)6)68-57-33-42(29-30-62(57)71-64-35-50-46-22-12-18-28-61(46)70-63(50)37-58(64)68)69-59-27-17-16-26-54(59)67(52-24-14-10-19-43(52)44-20-11-15-25-53(44)67)56-34-49-45-21-9-13-23-51(45)66(7,8)55(49)36-60(56)69/h9-40H,1-8H3. The number of anilines is 3. The summed E-state index contributed by atoms with van der Waals surface area (Å²) in [5, 5.41) is 2.17. The maximum atomic E-state index is 7.22. The third-order valence-electron chi connectivity index (χ3n) is 16.9. The quantitative estimate of drug-likeness (QED) is 0.161. The van der Waals surface area contributed by atoms with Gasteiger partial charge < -0.3 is 14.1 Å².